The zero-order chi connectivity index (χ0) is 19.1. The fourth-order valence-corrected chi connectivity index (χ4v) is 4.81. The maximum absolute atomic E-state index is 13.3. The van der Waals surface area contributed by atoms with E-state index in [1.54, 1.807) is 6.07 Å². The van der Waals surface area contributed by atoms with E-state index in [-0.39, 0.29) is 17.7 Å². The lowest BCUT2D eigenvalue weighted by atomic mass is 9.76. The van der Waals surface area contributed by atoms with Gasteiger partial charge in [-0.15, -0.1) is 0 Å². The fourth-order valence-electron chi connectivity index (χ4n) is 4.58. The molecule has 1 N–H and O–H groups in total. The third-order valence-electron chi connectivity index (χ3n) is 5.87. The molecule has 0 fully saturated rings. The molecule has 1 aliphatic heterocycles. The van der Waals surface area contributed by atoms with Gasteiger partial charge in [0.25, 0.3) is 0 Å². The third kappa shape index (κ3) is 2.85. The van der Waals surface area contributed by atoms with Crippen LogP contribution in [0.25, 0.3) is 0 Å². The number of carbonyl (C=O) groups excluding carboxylic acids is 1. The van der Waals surface area contributed by atoms with Gasteiger partial charge in [-0.05, 0) is 35.6 Å². The smallest absolute Gasteiger partial charge is 0.195 e. The van der Waals surface area contributed by atoms with E-state index in [1.165, 1.54) is 5.56 Å². The number of carbonyl (C=O) groups is 1. The number of benzene rings is 3. The molecule has 138 valence electrons. The van der Waals surface area contributed by atoms with Gasteiger partial charge >= 0.3 is 0 Å². The summed E-state index contributed by atoms with van der Waals surface area (Å²) in [5, 5.41) is 4.32. The second-order valence-corrected chi connectivity index (χ2v) is 7.94. The molecule has 28 heavy (non-hydrogen) atoms. The number of rotatable bonds is 3. The number of nitrogens with one attached hydrogen (secondary N) is 1. The monoisotopic (exact) mass is 385 g/mol. The van der Waals surface area contributed by atoms with Crippen LogP contribution in [0, 0.1) is 5.92 Å². The lowest BCUT2D eigenvalue weighted by Gasteiger charge is -2.38. The molecule has 0 aromatic heterocycles. The van der Waals surface area contributed by atoms with Crippen LogP contribution in [0.2, 0.25) is 5.02 Å². The van der Waals surface area contributed by atoms with Crippen LogP contribution in [0.5, 0.6) is 0 Å². The predicted molar refractivity (Wildman–Crippen MR) is 114 cm³/mol. The molecule has 2 aliphatic rings. The van der Waals surface area contributed by atoms with Gasteiger partial charge in [-0.3, -0.25) is 4.79 Å². The quantitative estimate of drug-likeness (QED) is 0.417. The van der Waals surface area contributed by atoms with Gasteiger partial charge in [0.05, 0.1) is 6.04 Å². The zero-order valence-electron chi connectivity index (χ0n) is 15.3. The first-order chi connectivity index (χ1) is 13.7. The molecule has 0 saturated carbocycles. The Morgan fingerprint density at radius 1 is 0.964 bits per heavy atom. The van der Waals surface area contributed by atoms with Gasteiger partial charge in [-0.1, -0.05) is 84.4 Å². The van der Waals surface area contributed by atoms with Crippen molar-refractivity contribution in [1.29, 1.82) is 0 Å². The van der Waals surface area contributed by atoms with E-state index >= 15 is 0 Å². The van der Waals surface area contributed by atoms with Gasteiger partial charge in [0.15, 0.2) is 5.78 Å². The van der Waals surface area contributed by atoms with Crippen molar-refractivity contribution in [3.8, 4) is 0 Å². The highest BCUT2D eigenvalue weighted by atomic mass is 35.5. The SMILES string of the molecule is O=C(c1ccccc1)c1cc(Cl)cc2c1N[C@@H](c1ccccc1)[C@H]1CC=C[C@@H]21. The Labute approximate surface area is 169 Å². The van der Waals surface area contributed by atoms with Crippen LogP contribution in [0.1, 0.15) is 45.4 Å². The zero-order valence-corrected chi connectivity index (χ0v) is 16.1. The normalized spacial score (nSPS) is 22.2. The number of halogens is 1. The topological polar surface area (TPSA) is 29.1 Å². The minimum atomic E-state index is -0.000844. The Morgan fingerprint density at radius 3 is 2.43 bits per heavy atom. The first kappa shape index (κ1) is 17.3. The molecule has 3 heteroatoms. The molecular formula is C25H20ClNO. The average molecular weight is 386 g/mol. The number of hydrogen-bond acceptors (Lipinski definition) is 2. The molecule has 0 spiro atoms. The van der Waals surface area contributed by atoms with E-state index in [2.05, 4.69) is 41.7 Å². The maximum atomic E-state index is 13.3. The number of anilines is 1. The molecular weight excluding hydrogens is 366 g/mol. The van der Waals surface area contributed by atoms with Crippen molar-refractivity contribution in [3.63, 3.8) is 0 Å². The summed E-state index contributed by atoms with van der Waals surface area (Å²) in [5.74, 6) is 0.689. The molecule has 0 radical (unpaired) electrons. The lowest BCUT2D eigenvalue weighted by molar-refractivity contribution is 0.103. The Bertz CT molecular complexity index is 1060. The summed E-state index contributed by atoms with van der Waals surface area (Å²) in [6, 6.07) is 23.9. The third-order valence-corrected chi connectivity index (χ3v) is 6.09. The first-order valence-corrected chi connectivity index (χ1v) is 10.0. The molecule has 1 heterocycles. The summed E-state index contributed by atoms with van der Waals surface area (Å²) in [6.45, 7) is 0. The van der Waals surface area contributed by atoms with Crippen molar-refractivity contribution in [2.75, 3.05) is 5.32 Å². The van der Waals surface area contributed by atoms with E-state index in [0.717, 1.165) is 17.7 Å². The summed E-state index contributed by atoms with van der Waals surface area (Å²) >= 11 is 6.45. The predicted octanol–water partition coefficient (Wildman–Crippen LogP) is 6.40. The molecule has 1 aliphatic carbocycles. The van der Waals surface area contributed by atoms with Crippen LogP contribution in [0.4, 0.5) is 5.69 Å². The van der Waals surface area contributed by atoms with E-state index in [0.29, 0.717) is 22.1 Å². The van der Waals surface area contributed by atoms with Crippen LogP contribution in [0.15, 0.2) is 84.9 Å². The highest BCUT2D eigenvalue weighted by molar-refractivity contribution is 6.31. The standard InChI is InChI=1S/C25H20ClNO/c26-18-14-21-19-12-7-13-20(19)23(16-8-3-1-4-9-16)27-24(21)22(15-18)25(28)17-10-5-2-6-11-17/h1-12,14-15,19-20,23,27H,13H2/t19-,20+,23+/m1/s1. The van der Waals surface area contributed by atoms with Crippen molar-refractivity contribution in [1.82, 2.24) is 0 Å². The molecule has 5 rings (SSSR count). The van der Waals surface area contributed by atoms with Crippen molar-refractivity contribution in [2.24, 2.45) is 5.92 Å². The van der Waals surface area contributed by atoms with Gasteiger partial charge in [0.1, 0.15) is 0 Å². The lowest BCUT2D eigenvalue weighted by Crippen LogP contribution is -2.30. The molecule has 3 atom stereocenters. The van der Waals surface area contributed by atoms with Gasteiger partial charge in [-0.2, -0.15) is 0 Å². The summed E-state index contributed by atoms with van der Waals surface area (Å²) < 4.78 is 0. The van der Waals surface area contributed by atoms with Gasteiger partial charge < -0.3 is 5.32 Å². The van der Waals surface area contributed by atoms with Crippen LogP contribution in [-0.2, 0) is 0 Å². The van der Waals surface area contributed by atoms with Crippen LogP contribution in [-0.4, -0.2) is 5.78 Å². The van der Waals surface area contributed by atoms with E-state index in [4.69, 9.17) is 11.6 Å². The molecule has 0 saturated heterocycles. The van der Waals surface area contributed by atoms with Crippen LogP contribution in [0.3, 0.4) is 0 Å². The summed E-state index contributed by atoms with van der Waals surface area (Å²) in [7, 11) is 0. The highest BCUT2D eigenvalue weighted by Gasteiger charge is 2.39. The fraction of sp³-hybridized carbons (Fsp3) is 0.160. The minimum absolute atomic E-state index is 0.000844. The second kappa shape index (κ2) is 6.96. The van der Waals surface area contributed by atoms with Gasteiger partial charge in [0.2, 0.25) is 0 Å². The second-order valence-electron chi connectivity index (χ2n) is 7.50. The first-order valence-electron chi connectivity index (χ1n) is 9.64. The Morgan fingerprint density at radius 2 is 1.68 bits per heavy atom. The molecule has 0 amide bonds. The number of ketones is 1. The maximum Gasteiger partial charge on any atom is 0.195 e. The number of fused-ring (bicyclic) bond motifs is 3. The van der Waals surface area contributed by atoms with Crippen molar-refractivity contribution < 1.29 is 4.79 Å². The summed E-state index contributed by atoms with van der Waals surface area (Å²) in [5.41, 5.74) is 4.61. The summed E-state index contributed by atoms with van der Waals surface area (Å²) in [6.07, 6.45) is 5.54. The van der Waals surface area contributed by atoms with Crippen molar-refractivity contribution in [3.05, 3.63) is 112 Å². The Kier molecular flexibility index (Phi) is 4.29. The Hall–Kier alpha value is -2.84. The average Bonchev–Trinajstić information content (AvgIpc) is 3.24. The minimum Gasteiger partial charge on any atom is -0.377 e. The molecule has 3 aromatic carbocycles. The van der Waals surface area contributed by atoms with Gasteiger partial charge in [0, 0.05) is 27.8 Å². The van der Waals surface area contributed by atoms with E-state index < -0.39 is 0 Å². The molecule has 2 nitrogen and oxygen atoms in total. The van der Waals surface area contributed by atoms with E-state index in [1.807, 2.05) is 42.5 Å². The van der Waals surface area contributed by atoms with Gasteiger partial charge in [-0.25, -0.2) is 0 Å². The van der Waals surface area contributed by atoms with Crippen molar-refractivity contribution in [2.45, 2.75) is 18.4 Å². The molecule has 0 unspecified atom stereocenters. The Balaban J connectivity index is 1.66. The number of hydrogen-bond donors (Lipinski definition) is 1. The largest absolute Gasteiger partial charge is 0.377 e. The summed E-state index contributed by atoms with van der Waals surface area (Å²) in [4.78, 5) is 13.3. The van der Waals surface area contributed by atoms with Crippen LogP contribution >= 0.6 is 11.6 Å². The number of allylic oxidation sites excluding steroid dienone is 2. The highest BCUT2D eigenvalue weighted by Crippen LogP contribution is 2.51. The molecule has 0 bridgehead atoms. The van der Waals surface area contributed by atoms with E-state index in [9.17, 15) is 4.79 Å². The van der Waals surface area contributed by atoms with Crippen LogP contribution < -0.4 is 5.32 Å². The molecule has 3 aromatic rings. The van der Waals surface area contributed by atoms with Crippen molar-refractivity contribution >= 4 is 23.1 Å².